The summed E-state index contributed by atoms with van der Waals surface area (Å²) < 4.78 is 22.1. The molecule has 0 atom stereocenters. The summed E-state index contributed by atoms with van der Waals surface area (Å²) in [5.41, 5.74) is 3.06. The summed E-state index contributed by atoms with van der Waals surface area (Å²) in [7, 11) is 0. The summed E-state index contributed by atoms with van der Waals surface area (Å²) in [6.07, 6.45) is 1.17. The minimum Gasteiger partial charge on any atom is -0.460 e. The molecule has 8 heteroatoms. The molecule has 1 fully saturated rings. The van der Waals surface area contributed by atoms with Gasteiger partial charge >= 0.3 is 0 Å². The number of piperidine rings is 1. The van der Waals surface area contributed by atoms with Crippen molar-refractivity contribution in [3.05, 3.63) is 94.1 Å². The number of amides is 2. The topological polar surface area (TPSA) is 67.5 Å². The summed E-state index contributed by atoms with van der Waals surface area (Å²) in [6.45, 7) is 3.36. The molecule has 0 spiro atoms. The fourth-order valence-corrected chi connectivity index (χ4v) is 5.01. The Balaban J connectivity index is 1.30. The Hall–Kier alpha value is -3.58. The molecule has 186 valence electrons. The van der Waals surface area contributed by atoms with Crippen LogP contribution in [0.4, 0.5) is 4.39 Å². The van der Waals surface area contributed by atoms with Crippen molar-refractivity contribution in [2.75, 3.05) is 13.1 Å². The van der Waals surface area contributed by atoms with Crippen LogP contribution in [0.2, 0.25) is 5.02 Å². The van der Waals surface area contributed by atoms with Crippen LogP contribution >= 0.6 is 11.6 Å². The first kappa shape index (κ1) is 24.1. The van der Waals surface area contributed by atoms with Crippen LogP contribution in [-0.4, -0.2) is 34.4 Å². The number of hydrogen-bond donors (Lipinski definition) is 1. The first-order chi connectivity index (χ1) is 17.4. The zero-order valence-corrected chi connectivity index (χ0v) is 20.7. The van der Waals surface area contributed by atoms with Gasteiger partial charge in [0.25, 0.3) is 5.91 Å². The Kier molecular flexibility index (Phi) is 6.83. The maximum Gasteiger partial charge on any atom is 0.270 e. The van der Waals surface area contributed by atoms with Gasteiger partial charge in [0, 0.05) is 48.3 Å². The standard InChI is InChI=1S/C28H27ClFN3O3/c1-18-14-24-26(36-18)15-25(33(24)17-21-22(29)8-5-9-23(21)30)28(35)32-12-10-20(11-13-32)27(34)31-16-19-6-3-2-4-7-19/h2-9,14-15,20H,10-13,16-17H2,1H3,(H,31,34). The molecular formula is C28H27ClFN3O3. The zero-order chi connectivity index (χ0) is 25.2. The minimum absolute atomic E-state index is 0.0107. The van der Waals surface area contributed by atoms with Crippen LogP contribution in [0.3, 0.4) is 0 Å². The average molecular weight is 508 g/mol. The third-order valence-electron chi connectivity index (χ3n) is 6.77. The van der Waals surface area contributed by atoms with Gasteiger partial charge in [-0.2, -0.15) is 0 Å². The Morgan fingerprint density at radius 1 is 1.08 bits per heavy atom. The van der Waals surface area contributed by atoms with Crippen LogP contribution in [0.5, 0.6) is 0 Å². The Morgan fingerprint density at radius 2 is 1.83 bits per heavy atom. The number of aryl methyl sites for hydroxylation is 1. The van der Waals surface area contributed by atoms with Crippen LogP contribution < -0.4 is 5.32 Å². The lowest BCUT2D eigenvalue weighted by molar-refractivity contribution is -0.126. The molecule has 5 rings (SSSR count). The Bertz CT molecular complexity index is 1380. The van der Waals surface area contributed by atoms with E-state index in [0.29, 0.717) is 65.6 Å². The second-order valence-corrected chi connectivity index (χ2v) is 9.60. The number of carbonyl (C=O) groups excluding carboxylic acids is 2. The number of carbonyl (C=O) groups is 2. The molecule has 0 unspecified atom stereocenters. The van der Waals surface area contributed by atoms with E-state index in [2.05, 4.69) is 5.32 Å². The minimum atomic E-state index is -0.426. The highest BCUT2D eigenvalue weighted by atomic mass is 35.5. The number of rotatable bonds is 6. The highest BCUT2D eigenvalue weighted by molar-refractivity contribution is 6.31. The fraction of sp³-hybridized carbons (Fsp3) is 0.286. The van der Waals surface area contributed by atoms with Crippen LogP contribution in [0, 0.1) is 18.7 Å². The van der Waals surface area contributed by atoms with Gasteiger partial charge in [0.2, 0.25) is 5.91 Å². The van der Waals surface area contributed by atoms with Crippen molar-refractivity contribution in [3.8, 4) is 0 Å². The summed E-state index contributed by atoms with van der Waals surface area (Å²) >= 11 is 6.28. The first-order valence-electron chi connectivity index (χ1n) is 12.0. The SMILES string of the molecule is Cc1cc2c(cc(C(=O)N3CCC(C(=O)NCc4ccccc4)CC3)n2Cc2c(F)cccc2Cl)o1. The highest BCUT2D eigenvalue weighted by Gasteiger charge is 2.30. The van der Waals surface area contributed by atoms with Crippen molar-refractivity contribution < 1.29 is 18.4 Å². The molecule has 1 saturated heterocycles. The molecule has 2 amide bonds. The van der Waals surface area contributed by atoms with E-state index in [1.807, 2.05) is 43.3 Å². The van der Waals surface area contributed by atoms with Crippen LogP contribution in [0.1, 0.15) is 40.2 Å². The molecule has 36 heavy (non-hydrogen) atoms. The van der Waals surface area contributed by atoms with Gasteiger partial charge < -0.3 is 19.2 Å². The van der Waals surface area contributed by atoms with Crippen molar-refractivity contribution in [1.29, 1.82) is 0 Å². The van der Waals surface area contributed by atoms with Crippen LogP contribution in [0.15, 0.2) is 65.1 Å². The van der Waals surface area contributed by atoms with E-state index in [9.17, 15) is 14.0 Å². The predicted octanol–water partition coefficient (Wildman–Crippen LogP) is 5.55. The lowest BCUT2D eigenvalue weighted by Gasteiger charge is -2.31. The van der Waals surface area contributed by atoms with E-state index in [0.717, 1.165) is 5.56 Å². The molecule has 0 radical (unpaired) electrons. The molecule has 2 aromatic heterocycles. The van der Waals surface area contributed by atoms with E-state index >= 15 is 0 Å². The van der Waals surface area contributed by atoms with Gasteiger partial charge in [0.15, 0.2) is 5.58 Å². The number of furan rings is 1. The van der Waals surface area contributed by atoms with Gasteiger partial charge in [0.05, 0.1) is 12.1 Å². The smallest absolute Gasteiger partial charge is 0.270 e. The molecule has 4 aromatic rings. The molecule has 2 aromatic carbocycles. The van der Waals surface area contributed by atoms with Crippen molar-refractivity contribution in [3.63, 3.8) is 0 Å². The second-order valence-electron chi connectivity index (χ2n) is 9.19. The number of halogens is 2. The summed E-state index contributed by atoms with van der Waals surface area (Å²) in [5.74, 6) is -0.0214. The Morgan fingerprint density at radius 3 is 2.56 bits per heavy atom. The van der Waals surface area contributed by atoms with Gasteiger partial charge in [-0.25, -0.2) is 4.39 Å². The monoisotopic (exact) mass is 507 g/mol. The summed E-state index contributed by atoms with van der Waals surface area (Å²) in [5, 5.41) is 3.31. The zero-order valence-electron chi connectivity index (χ0n) is 20.0. The molecule has 1 N–H and O–H groups in total. The normalized spacial score (nSPS) is 14.4. The van der Waals surface area contributed by atoms with Crippen molar-refractivity contribution >= 4 is 34.5 Å². The van der Waals surface area contributed by atoms with E-state index in [1.165, 1.54) is 6.07 Å². The number of fused-ring (bicyclic) bond motifs is 1. The van der Waals surface area contributed by atoms with E-state index in [4.69, 9.17) is 16.0 Å². The quantitative estimate of drug-likeness (QED) is 0.372. The van der Waals surface area contributed by atoms with Crippen molar-refractivity contribution in [2.24, 2.45) is 5.92 Å². The van der Waals surface area contributed by atoms with Gasteiger partial charge in [-0.1, -0.05) is 48.0 Å². The molecule has 0 bridgehead atoms. The number of nitrogens with zero attached hydrogens (tertiary/aromatic N) is 2. The highest BCUT2D eigenvalue weighted by Crippen LogP contribution is 2.29. The molecule has 1 aliphatic heterocycles. The third kappa shape index (κ3) is 4.88. The second kappa shape index (κ2) is 10.2. The third-order valence-corrected chi connectivity index (χ3v) is 7.13. The lowest BCUT2D eigenvalue weighted by atomic mass is 9.95. The molecule has 0 saturated carbocycles. The predicted molar refractivity (Wildman–Crippen MR) is 136 cm³/mol. The molecule has 6 nitrogen and oxygen atoms in total. The largest absolute Gasteiger partial charge is 0.460 e. The van der Waals surface area contributed by atoms with Gasteiger partial charge in [-0.3, -0.25) is 9.59 Å². The Labute approximate surface area is 213 Å². The van der Waals surface area contributed by atoms with Crippen LogP contribution in [0.25, 0.3) is 11.1 Å². The fourth-order valence-electron chi connectivity index (χ4n) is 4.79. The molecule has 3 heterocycles. The van der Waals surface area contributed by atoms with Gasteiger partial charge in [-0.05, 0) is 37.5 Å². The molecule has 1 aliphatic rings. The number of hydrogen-bond acceptors (Lipinski definition) is 3. The van der Waals surface area contributed by atoms with Gasteiger partial charge in [-0.15, -0.1) is 0 Å². The molecular weight excluding hydrogens is 481 g/mol. The maximum atomic E-state index is 14.6. The van der Waals surface area contributed by atoms with Crippen LogP contribution in [-0.2, 0) is 17.9 Å². The van der Waals surface area contributed by atoms with Crippen molar-refractivity contribution in [2.45, 2.75) is 32.9 Å². The first-order valence-corrected chi connectivity index (χ1v) is 12.4. The van der Waals surface area contributed by atoms with E-state index < -0.39 is 5.82 Å². The van der Waals surface area contributed by atoms with Gasteiger partial charge in [0.1, 0.15) is 17.3 Å². The van der Waals surface area contributed by atoms with Crippen molar-refractivity contribution in [1.82, 2.24) is 14.8 Å². The number of aromatic nitrogens is 1. The number of likely N-dealkylation sites (tertiary alicyclic amines) is 1. The van der Waals surface area contributed by atoms with E-state index in [1.54, 1.807) is 27.7 Å². The number of benzene rings is 2. The lowest BCUT2D eigenvalue weighted by Crippen LogP contribution is -2.43. The average Bonchev–Trinajstić information content (AvgIpc) is 3.41. The summed E-state index contributed by atoms with van der Waals surface area (Å²) in [4.78, 5) is 28.0. The number of nitrogens with one attached hydrogen (secondary N) is 1. The summed E-state index contributed by atoms with van der Waals surface area (Å²) in [6, 6.07) is 17.9. The van der Waals surface area contributed by atoms with E-state index in [-0.39, 0.29) is 24.3 Å². The maximum absolute atomic E-state index is 14.6. The molecule has 0 aliphatic carbocycles.